The molecule has 1 amide bonds. The molecule has 0 bridgehead atoms. The number of amides is 1. The zero-order valence-electron chi connectivity index (χ0n) is 16.6. The Balaban J connectivity index is 1.46. The number of ether oxygens (including phenoxy) is 1. The first kappa shape index (κ1) is 19.2. The number of rotatable bonds is 4. The number of fused-ring (bicyclic) bond motifs is 2. The van der Waals surface area contributed by atoms with Gasteiger partial charge in [-0.2, -0.15) is 0 Å². The van der Waals surface area contributed by atoms with Crippen molar-refractivity contribution in [1.29, 1.82) is 0 Å². The van der Waals surface area contributed by atoms with E-state index in [1.165, 1.54) is 17.4 Å². The zero-order valence-corrected chi connectivity index (χ0v) is 17.4. The molecular weight excluding hydrogens is 401 g/mol. The van der Waals surface area contributed by atoms with Crippen LogP contribution in [0, 0.1) is 5.82 Å². The Labute approximate surface area is 177 Å². The first-order chi connectivity index (χ1) is 14.5. The summed E-state index contributed by atoms with van der Waals surface area (Å²) >= 11 is 1.43. The van der Waals surface area contributed by atoms with Gasteiger partial charge in [0.25, 0.3) is 5.91 Å². The van der Waals surface area contributed by atoms with Crippen LogP contribution in [0.2, 0.25) is 0 Å². The molecule has 5 nitrogen and oxygen atoms in total. The molecule has 0 spiro atoms. The van der Waals surface area contributed by atoms with Crippen LogP contribution in [0.25, 0.3) is 21.0 Å². The van der Waals surface area contributed by atoms with Gasteiger partial charge in [-0.3, -0.25) is 9.69 Å². The van der Waals surface area contributed by atoms with Crippen molar-refractivity contribution < 1.29 is 13.9 Å². The molecule has 2 aromatic heterocycles. The van der Waals surface area contributed by atoms with Crippen LogP contribution >= 0.6 is 11.3 Å². The standard InChI is InChI=1S/C23H22FN3O2S/c1-26-11-14(16-7-6-15(24)10-18(16)26)12-27-8-9-29-19(13-27)21-17-4-2-3-5-20(17)30-22(21)23(25)28/h2-7,10-11,19H,8-9,12-13H2,1H3,(H2,25,28). The summed E-state index contributed by atoms with van der Waals surface area (Å²) in [5, 5.41) is 2.09. The number of primary amides is 1. The predicted octanol–water partition coefficient (Wildman–Crippen LogP) is 4.20. The molecule has 1 atom stereocenters. The van der Waals surface area contributed by atoms with Crippen LogP contribution in [0.1, 0.15) is 26.9 Å². The maximum absolute atomic E-state index is 13.6. The summed E-state index contributed by atoms with van der Waals surface area (Å²) in [6.45, 7) is 2.77. The molecule has 0 saturated carbocycles. The third kappa shape index (κ3) is 3.29. The highest BCUT2D eigenvalue weighted by Crippen LogP contribution is 2.38. The third-order valence-electron chi connectivity index (χ3n) is 5.76. The minimum Gasteiger partial charge on any atom is -0.371 e. The maximum Gasteiger partial charge on any atom is 0.259 e. The molecule has 2 N–H and O–H groups in total. The summed E-state index contributed by atoms with van der Waals surface area (Å²) in [5.41, 5.74) is 8.62. The summed E-state index contributed by atoms with van der Waals surface area (Å²) in [5.74, 6) is -0.645. The second-order valence-electron chi connectivity index (χ2n) is 7.73. The second-order valence-corrected chi connectivity index (χ2v) is 8.78. The Morgan fingerprint density at radius 2 is 2.10 bits per heavy atom. The number of aromatic nitrogens is 1. The molecule has 3 heterocycles. The molecule has 1 aliphatic heterocycles. The number of thiophene rings is 1. The molecule has 5 rings (SSSR count). The van der Waals surface area contributed by atoms with Crippen LogP contribution in [-0.2, 0) is 18.3 Å². The lowest BCUT2D eigenvalue weighted by molar-refractivity contribution is -0.0321. The van der Waals surface area contributed by atoms with E-state index in [0.717, 1.165) is 45.2 Å². The number of carbonyl (C=O) groups excluding carboxylic acids is 1. The van der Waals surface area contributed by atoms with E-state index in [1.54, 1.807) is 6.07 Å². The second kappa shape index (κ2) is 7.50. The monoisotopic (exact) mass is 423 g/mol. The van der Waals surface area contributed by atoms with E-state index in [1.807, 2.05) is 41.9 Å². The Hall–Kier alpha value is -2.74. The average Bonchev–Trinajstić information content (AvgIpc) is 3.26. The summed E-state index contributed by atoms with van der Waals surface area (Å²) in [6.07, 6.45) is 1.84. The van der Waals surface area contributed by atoms with Crippen molar-refractivity contribution in [2.24, 2.45) is 12.8 Å². The fourth-order valence-electron chi connectivity index (χ4n) is 4.40. The fraction of sp³-hybridized carbons (Fsp3) is 0.261. The van der Waals surface area contributed by atoms with Gasteiger partial charge in [-0.05, 0) is 35.2 Å². The third-order valence-corrected chi connectivity index (χ3v) is 6.96. The zero-order chi connectivity index (χ0) is 20.8. The van der Waals surface area contributed by atoms with Crippen LogP contribution in [0.15, 0.2) is 48.7 Å². The lowest BCUT2D eigenvalue weighted by Crippen LogP contribution is -2.38. The van der Waals surface area contributed by atoms with Crippen molar-refractivity contribution in [3.8, 4) is 0 Å². The highest BCUT2D eigenvalue weighted by molar-refractivity contribution is 7.21. The van der Waals surface area contributed by atoms with Gasteiger partial charge < -0.3 is 15.0 Å². The van der Waals surface area contributed by atoms with E-state index in [2.05, 4.69) is 11.1 Å². The van der Waals surface area contributed by atoms with Crippen LogP contribution in [-0.4, -0.2) is 35.1 Å². The van der Waals surface area contributed by atoms with E-state index >= 15 is 0 Å². The van der Waals surface area contributed by atoms with Crippen molar-refractivity contribution >= 4 is 38.2 Å². The Morgan fingerprint density at radius 3 is 2.93 bits per heavy atom. The first-order valence-corrected chi connectivity index (χ1v) is 10.7. The first-order valence-electron chi connectivity index (χ1n) is 9.90. The van der Waals surface area contributed by atoms with Gasteiger partial charge in [0.15, 0.2) is 0 Å². The molecule has 0 radical (unpaired) electrons. The lowest BCUT2D eigenvalue weighted by Gasteiger charge is -2.33. The highest BCUT2D eigenvalue weighted by atomic mass is 32.1. The average molecular weight is 424 g/mol. The van der Waals surface area contributed by atoms with Crippen molar-refractivity contribution in [1.82, 2.24) is 9.47 Å². The van der Waals surface area contributed by atoms with Crippen LogP contribution in [0.4, 0.5) is 4.39 Å². The number of aryl methyl sites for hydroxylation is 1. The number of benzene rings is 2. The predicted molar refractivity (Wildman–Crippen MR) is 117 cm³/mol. The van der Waals surface area contributed by atoms with E-state index in [0.29, 0.717) is 18.0 Å². The maximum atomic E-state index is 13.6. The Bertz CT molecular complexity index is 1260. The van der Waals surface area contributed by atoms with Gasteiger partial charge in [-0.1, -0.05) is 18.2 Å². The number of hydrogen-bond donors (Lipinski definition) is 1. The molecule has 4 aromatic rings. The van der Waals surface area contributed by atoms with Gasteiger partial charge in [0.1, 0.15) is 5.82 Å². The molecule has 0 aliphatic carbocycles. The molecule has 30 heavy (non-hydrogen) atoms. The van der Waals surface area contributed by atoms with Gasteiger partial charge in [0.05, 0.1) is 23.1 Å². The molecule has 1 saturated heterocycles. The van der Waals surface area contributed by atoms with Crippen LogP contribution in [0.5, 0.6) is 0 Å². The Morgan fingerprint density at radius 1 is 1.27 bits per heavy atom. The smallest absolute Gasteiger partial charge is 0.259 e. The van der Waals surface area contributed by atoms with Crippen LogP contribution in [0.3, 0.4) is 0 Å². The van der Waals surface area contributed by atoms with E-state index in [9.17, 15) is 9.18 Å². The largest absolute Gasteiger partial charge is 0.371 e. The molecule has 2 aromatic carbocycles. The van der Waals surface area contributed by atoms with Gasteiger partial charge in [-0.25, -0.2) is 4.39 Å². The molecular formula is C23H22FN3O2S. The van der Waals surface area contributed by atoms with E-state index < -0.39 is 5.91 Å². The van der Waals surface area contributed by atoms with Crippen LogP contribution < -0.4 is 5.73 Å². The minimum absolute atomic E-state index is 0.218. The van der Waals surface area contributed by atoms with Gasteiger partial charge in [-0.15, -0.1) is 11.3 Å². The van der Waals surface area contributed by atoms with Crippen molar-refractivity contribution in [2.75, 3.05) is 19.7 Å². The number of nitrogens with two attached hydrogens (primary N) is 1. The lowest BCUT2D eigenvalue weighted by atomic mass is 10.0. The Kier molecular flexibility index (Phi) is 4.81. The summed E-state index contributed by atoms with van der Waals surface area (Å²) < 4.78 is 22.7. The summed E-state index contributed by atoms with van der Waals surface area (Å²) in [6, 6.07) is 12.9. The quantitative estimate of drug-likeness (QED) is 0.535. The molecule has 7 heteroatoms. The number of nitrogens with zero attached hydrogens (tertiary/aromatic N) is 2. The summed E-state index contributed by atoms with van der Waals surface area (Å²) in [4.78, 5) is 15.0. The molecule has 1 aliphatic rings. The SMILES string of the molecule is Cn1cc(CN2CCOC(c3c(C(N)=O)sc4ccccc34)C2)c2ccc(F)cc21. The van der Waals surface area contributed by atoms with E-state index in [-0.39, 0.29) is 11.9 Å². The van der Waals surface area contributed by atoms with Crippen molar-refractivity contribution in [3.63, 3.8) is 0 Å². The number of carbonyl (C=O) groups is 1. The molecule has 154 valence electrons. The summed E-state index contributed by atoms with van der Waals surface area (Å²) in [7, 11) is 1.93. The number of hydrogen-bond acceptors (Lipinski definition) is 4. The number of morpholine rings is 1. The van der Waals surface area contributed by atoms with Crippen molar-refractivity contribution in [3.05, 3.63) is 70.5 Å². The molecule has 1 fully saturated rings. The topological polar surface area (TPSA) is 60.5 Å². The van der Waals surface area contributed by atoms with E-state index in [4.69, 9.17) is 10.5 Å². The highest BCUT2D eigenvalue weighted by Gasteiger charge is 2.29. The molecule has 1 unspecified atom stereocenters. The normalized spacial score (nSPS) is 17.7. The van der Waals surface area contributed by atoms with Gasteiger partial charge >= 0.3 is 0 Å². The van der Waals surface area contributed by atoms with Gasteiger partial charge in [0.2, 0.25) is 0 Å². The number of halogens is 1. The minimum atomic E-state index is -0.414. The van der Waals surface area contributed by atoms with Gasteiger partial charge in [0, 0.05) is 48.5 Å². The van der Waals surface area contributed by atoms with Crippen molar-refractivity contribution in [2.45, 2.75) is 12.6 Å². The fourth-order valence-corrected chi connectivity index (χ4v) is 5.50.